The van der Waals surface area contributed by atoms with Crippen LogP contribution in [0.25, 0.3) is 10.8 Å². The number of nitrogen functional groups attached to an aromatic ring is 1. The molecule has 0 saturated heterocycles. The summed E-state index contributed by atoms with van der Waals surface area (Å²) < 4.78 is 0. The SMILES string of the molecule is N=C(N)c1ccc(CC(C(=O)N[C@@H](CCC(=O)O)C(=O)NC(CCCN=C(N)N)C(N)=O)c2ccc3ccccc3c2)cc1. The van der Waals surface area contributed by atoms with Crippen molar-refractivity contribution in [2.45, 2.75) is 50.1 Å². The first kappa shape index (κ1) is 33.0. The number of primary amides is 1. The highest BCUT2D eigenvalue weighted by Crippen LogP contribution is 2.26. The lowest BCUT2D eigenvalue weighted by Crippen LogP contribution is -2.53. The summed E-state index contributed by atoms with van der Waals surface area (Å²) in [6.45, 7) is 0.210. The second kappa shape index (κ2) is 15.7. The predicted molar refractivity (Wildman–Crippen MR) is 168 cm³/mol. The van der Waals surface area contributed by atoms with Crippen LogP contribution >= 0.6 is 0 Å². The Balaban J connectivity index is 1.88. The Hall–Kier alpha value is -5.46. The van der Waals surface area contributed by atoms with Gasteiger partial charge in [-0.3, -0.25) is 29.6 Å². The number of guanidine groups is 1. The molecule has 0 aliphatic carbocycles. The number of carbonyl (C=O) groups is 4. The summed E-state index contributed by atoms with van der Waals surface area (Å²) in [5.74, 6) is -4.17. The van der Waals surface area contributed by atoms with E-state index in [1.807, 2.05) is 42.5 Å². The van der Waals surface area contributed by atoms with Crippen molar-refractivity contribution < 1.29 is 24.3 Å². The zero-order valence-corrected chi connectivity index (χ0v) is 24.2. The maximum Gasteiger partial charge on any atom is 0.303 e. The number of carboxylic acid groups (broad SMARTS) is 1. The molecule has 3 aromatic rings. The van der Waals surface area contributed by atoms with Gasteiger partial charge in [0.2, 0.25) is 17.7 Å². The monoisotopic (exact) mass is 602 g/mol. The largest absolute Gasteiger partial charge is 0.481 e. The number of nitrogens with two attached hydrogens (primary N) is 4. The van der Waals surface area contributed by atoms with E-state index in [0.29, 0.717) is 17.5 Å². The standard InChI is InChI=1S/C31H38N8O5/c32-27(33)20-9-7-18(8-10-20)16-23(22-12-11-19-4-1-2-5-21(19)17-22)29(43)39-25(13-14-26(40)41)30(44)38-24(28(34)42)6-3-15-37-31(35)36/h1-2,4-5,7-12,17,23-25H,3,6,13-16H2,(H3,32,33)(H2,34,42)(H,38,44)(H,39,43)(H,40,41)(H4,35,36,37)/t23?,24?,25-/m0/s1. The summed E-state index contributed by atoms with van der Waals surface area (Å²) in [5, 5.41) is 24.1. The number of amides is 3. The number of carbonyl (C=O) groups excluding carboxylic acids is 3. The van der Waals surface area contributed by atoms with Crippen LogP contribution in [0.5, 0.6) is 0 Å². The van der Waals surface area contributed by atoms with Gasteiger partial charge in [-0.1, -0.05) is 66.7 Å². The maximum atomic E-state index is 13.9. The van der Waals surface area contributed by atoms with Crippen molar-refractivity contribution in [1.29, 1.82) is 5.41 Å². The Kier molecular flexibility index (Phi) is 11.8. The number of hydrogen-bond acceptors (Lipinski definition) is 6. The second-order valence-corrected chi connectivity index (χ2v) is 10.4. The summed E-state index contributed by atoms with van der Waals surface area (Å²) in [4.78, 5) is 54.5. The zero-order valence-electron chi connectivity index (χ0n) is 24.2. The minimum Gasteiger partial charge on any atom is -0.481 e. The third-order valence-electron chi connectivity index (χ3n) is 7.08. The highest BCUT2D eigenvalue weighted by atomic mass is 16.4. The van der Waals surface area contributed by atoms with E-state index in [2.05, 4.69) is 15.6 Å². The molecule has 0 radical (unpaired) electrons. The summed E-state index contributed by atoms with van der Waals surface area (Å²) >= 11 is 0. The predicted octanol–water partition coefficient (Wildman–Crippen LogP) is 0.823. The smallest absolute Gasteiger partial charge is 0.303 e. The first-order valence-corrected chi connectivity index (χ1v) is 14.0. The van der Waals surface area contributed by atoms with Gasteiger partial charge in [0.05, 0.1) is 5.92 Å². The number of nitrogens with one attached hydrogen (secondary N) is 3. The first-order chi connectivity index (χ1) is 20.9. The van der Waals surface area contributed by atoms with Gasteiger partial charge >= 0.3 is 5.97 Å². The van der Waals surface area contributed by atoms with Crippen LogP contribution < -0.4 is 33.6 Å². The Morgan fingerprint density at radius 1 is 0.818 bits per heavy atom. The van der Waals surface area contributed by atoms with Gasteiger partial charge in [0.15, 0.2) is 5.96 Å². The van der Waals surface area contributed by atoms with Crippen LogP contribution in [0.4, 0.5) is 0 Å². The zero-order chi connectivity index (χ0) is 32.2. The van der Waals surface area contributed by atoms with E-state index in [9.17, 15) is 24.3 Å². The maximum absolute atomic E-state index is 13.9. The lowest BCUT2D eigenvalue weighted by Gasteiger charge is -2.24. The van der Waals surface area contributed by atoms with Crippen molar-refractivity contribution in [2.24, 2.45) is 27.9 Å². The lowest BCUT2D eigenvalue weighted by molar-refractivity contribution is -0.138. The van der Waals surface area contributed by atoms with Gasteiger partial charge in [-0.2, -0.15) is 0 Å². The second-order valence-electron chi connectivity index (χ2n) is 10.4. The molecule has 0 aliphatic rings. The molecule has 232 valence electrons. The van der Waals surface area contributed by atoms with Crippen molar-refractivity contribution in [3.8, 4) is 0 Å². The lowest BCUT2D eigenvalue weighted by atomic mass is 9.89. The minimum atomic E-state index is -1.26. The Morgan fingerprint density at radius 3 is 2.09 bits per heavy atom. The molecule has 0 fully saturated rings. The number of aliphatic imine (C=N–C) groups is 1. The third-order valence-corrected chi connectivity index (χ3v) is 7.08. The van der Waals surface area contributed by atoms with E-state index in [1.54, 1.807) is 24.3 Å². The van der Waals surface area contributed by atoms with E-state index in [4.69, 9.17) is 28.3 Å². The number of rotatable bonds is 16. The van der Waals surface area contributed by atoms with Crippen molar-refractivity contribution in [2.75, 3.05) is 6.54 Å². The number of aliphatic carboxylic acids is 1. The fourth-order valence-electron chi connectivity index (χ4n) is 4.71. The molecular weight excluding hydrogens is 564 g/mol. The molecule has 0 bridgehead atoms. The van der Waals surface area contributed by atoms with E-state index in [1.165, 1.54) is 0 Å². The topological polar surface area (TPSA) is 253 Å². The fourth-order valence-corrected chi connectivity index (χ4v) is 4.71. The van der Waals surface area contributed by atoms with Gasteiger partial charge in [-0.25, -0.2) is 0 Å². The van der Waals surface area contributed by atoms with E-state index < -0.39 is 48.1 Å². The number of benzene rings is 3. The normalized spacial score (nSPS) is 12.8. The van der Waals surface area contributed by atoms with Crippen molar-refractivity contribution >= 4 is 46.3 Å². The number of carboxylic acids is 1. The summed E-state index contributed by atoms with van der Waals surface area (Å²) in [5.41, 5.74) is 23.7. The average molecular weight is 603 g/mol. The molecule has 3 aromatic carbocycles. The van der Waals surface area contributed by atoms with Gasteiger partial charge in [0, 0.05) is 18.5 Å². The van der Waals surface area contributed by atoms with E-state index >= 15 is 0 Å². The third kappa shape index (κ3) is 9.82. The molecule has 13 nitrogen and oxygen atoms in total. The Morgan fingerprint density at radius 2 is 1.48 bits per heavy atom. The number of amidine groups is 1. The Bertz CT molecular complexity index is 1540. The van der Waals surface area contributed by atoms with Crippen molar-refractivity contribution in [1.82, 2.24) is 10.6 Å². The van der Waals surface area contributed by atoms with Crippen LogP contribution in [-0.2, 0) is 25.6 Å². The molecule has 2 unspecified atom stereocenters. The number of fused-ring (bicyclic) bond motifs is 1. The molecule has 0 heterocycles. The molecule has 12 N–H and O–H groups in total. The quantitative estimate of drug-likeness (QED) is 0.0660. The molecule has 0 spiro atoms. The molecule has 0 saturated carbocycles. The minimum absolute atomic E-state index is 0.0850. The van der Waals surface area contributed by atoms with E-state index in [0.717, 1.165) is 16.3 Å². The number of nitrogens with zero attached hydrogens (tertiary/aromatic N) is 1. The van der Waals surface area contributed by atoms with Crippen LogP contribution in [0.15, 0.2) is 71.7 Å². The molecule has 0 aromatic heterocycles. The highest BCUT2D eigenvalue weighted by molar-refractivity contribution is 5.95. The van der Waals surface area contributed by atoms with Crippen molar-refractivity contribution in [3.05, 3.63) is 83.4 Å². The van der Waals surface area contributed by atoms with Crippen LogP contribution in [0, 0.1) is 5.41 Å². The van der Waals surface area contributed by atoms with Gasteiger partial charge < -0.3 is 38.7 Å². The molecule has 3 amide bonds. The van der Waals surface area contributed by atoms with Crippen LogP contribution in [-0.4, -0.2) is 59.2 Å². The van der Waals surface area contributed by atoms with E-state index in [-0.39, 0.29) is 37.6 Å². The van der Waals surface area contributed by atoms with Gasteiger partial charge in [0.1, 0.15) is 17.9 Å². The van der Waals surface area contributed by atoms with Crippen molar-refractivity contribution in [3.63, 3.8) is 0 Å². The molecule has 44 heavy (non-hydrogen) atoms. The summed E-state index contributed by atoms with van der Waals surface area (Å²) in [6, 6.07) is 17.9. The molecule has 13 heteroatoms. The number of hydrogen-bond donors (Lipinski definition) is 8. The Labute approximate surface area is 254 Å². The molecule has 3 atom stereocenters. The highest BCUT2D eigenvalue weighted by Gasteiger charge is 2.30. The van der Waals surface area contributed by atoms with Crippen LogP contribution in [0.2, 0.25) is 0 Å². The van der Waals surface area contributed by atoms with Crippen LogP contribution in [0.3, 0.4) is 0 Å². The molecular formula is C31H38N8O5. The fraction of sp³-hybridized carbons (Fsp3) is 0.290. The summed E-state index contributed by atoms with van der Waals surface area (Å²) in [7, 11) is 0. The van der Waals surface area contributed by atoms with Gasteiger partial charge in [-0.15, -0.1) is 0 Å². The van der Waals surface area contributed by atoms with Crippen LogP contribution in [0.1, 0.15) is 48.3 Å². The average Bonchev–Trinajstić information content (AvgIpc) is 2.98. The molecule has 3 rings (SSSR count). The summed E-state index contributed by atoms with van der Waals surface area (Å²) in [6.07, 6.45) is 0.0868. The molecule has 0 aliphatic heterocycles. The first-order valence-electron chi connectivity index (χ1n) is 14.0. The van der Waals surface area contributed by atoms with Gasteiger partial charge in [0.25, 0.3) is 0 Å². The van der Waals surface area contributed by atoms with Gasteiger partial charge in [-0.05, 0) is 47.6 Å².